The number of anilines is 3. The lowest BCUT2D eigenvalue weighted by Crippen LogP contribution is -2.38. The second-order valence-electron chi connectivity index (χ2n) is 9.31. The van der Waals surface area contributed by atoms with Gasteiger partial charge in [-0.2, -0.15) is 8.42 Å². The second-order valence-corrected chi connectivity index (χ2v) is 12.2. The number of benzene rings is 2. The van der Waals surface area contributed by atoms with E-state index in [9.17, 15) is 22.0 Å². The Morgan fingerprint density at radius 2 is 1.77 bits per heavy atom. The monoisotopic (exact) mass is 603 g/mol. The van der Waals surface area contributed by atoms with E-state index in [0.29, 0.717) is 37.2 Å². The average Bonchev–Trinajstić information content (AvgIpc) is 3.43. The maximum atomic E-state index is 13.8. The van der Waals surface area contributed by atoms with E-state index in [2.05, 4.69) is 20.0 Å². The number of likely N-dealkylation sites (tertiary alicyclic amines) is 1. The standard InChI is InChI=1S/C27H24ClF2N5O3S2/c1-16-14-20(30)6-7-22(16)33-24-21(15-32-25(23(24)28)40(37,38)34-27-31-10-13-39-27)26(36)35-11-8-18(9-12-35)17-2-4-19(29)5-3-17/h2-7,10,13-15,18H,8-9,11-12H2,1H3,(H,31,34)(H,32,33). The molecular formula is C27H24ClF2N5O3S2. The predicted octanol–water partition coefficient (Wildman–Crippen LogP) is 6.34. The smallest absolute Gasteiger partial charge is 0.282 e. The second kappa shape index (κ2) is 11.5. The number of nitrogens with zero attached hydrogens (tertiary/aromatic N) is 3. The number of aryl methyl sites for hydroxylation is 1. The topological polar surface area (TPSA) is 104 Å². The fourth-order valence-corrected chi connectivity index (χ4v) is 6.91. The summed E-state index contributed by atoms with van der Waals surface area (Å²) in [6.07, 6.45) is 3.96. The molecule has 13 heteroatoms. The summed E-state index contributed by atoms with van der Waals surface area (Å²) >= 11 is 7.72. The number of carbonyl (C=O) groups excluding carboxylic acids is 1. The molecule has 3 heterocycles. The van der Waals surface area contributed by atoms with E-state index in [0.717, 1.165) is 16.9 Å². The Bertz CT molecular complexity index is 1640. The molecule has 0 radical (unpaired) electrons. The number of amides is 1. The van der Waals surface area contributed by atoms with Crippen LogP contribution in [0.1, 0.15) is 40.2 Å². The minimum atomic E-state index is -4.25. The number of pyridine rings is 1. The lowest BCUT2D eigenvalue weighted by molar-refractivity contribution is 0.0713. The van der Waals surface area contributed by atoms with Gasteiger partial charge in [-0.05, 0) is 67.1 Å². The molecule has 1 aliphatic rings. The highest BCUT2D eigenvalue weighted by Crippen LogP contribution is 2.37. The van der Waals surface area contributed by atoms with E-state index >= 15 is 0 Å². The molecule has 1 aliphatic heterocycles. The molecule has 0 aliphatic carbocycles. The quantitative estimate of drug-likeness (QED) is 0.255. The summed E-state index contributed by atoms with van der Waals surface area (Å²) in [7, 11) is -4.25. The Morgan fingerprint density at radius 1 is 1.07 bits per heavy atom. The Kier molecular flexibility index (Phi) is 8.02. The zero-order chi connectivity index (χ0) is 28.4. The van der Waals surface area contributed by atoms with Crippen LogP contribution in [0.25, 0.3) is 0 Å². The van der Waals surface area contributed by atoms with Crippen LogP contribution in [0, 0.1) is 18.6 Å². The fourth-order valence-electron chi connectivity index (χ4n) is 4.60. The summed E-state index contributed by atoms with van der Waals surface area (Å²) in [5.41, 5.74) is 2.08. The van der Waals surface area contributed by atoms with Gasteiger partial charge in [0.1, 0.15) is 16.7 Å². The number of hydrogen-bond acceptors (Lipinski definition) is 7. The normalized spacial score (nSPS) is 14.2. The number of hydrogen-bond donors (Lipinski definition) is 2. The summed E-state index contributed by atoms with van der Waals surface area (Å²) < 4.78 is 55.7. The first kappa shape index (κ1) is 27.9. The van der Waals surface area contributed by atoms with Crippen LogP contribution >= 0.6 is 22.9 Å². The van der Waals surface area contributed by atoms with Crippen LogP contribution in [0.5, 0.6) is 0 Å². The van der Waals surface area contributed by atoms with Gasteiger partial charge in [0.25, 0.3) is 15.9 Å². The van der Waals surface area contributed by atoms with Crippen LogP contribution in [0.4, 0.5) is 25.3 Å². The molecule has 1 saturated heterocycles. The van der Waals surface area contributed by atoms with E-state index in [1.165, 1.54) is 42.7 Å². The number of rotatable bonds is 7. The first-order valence-electron chi connectivity index (χ1n) is 12.3. The highest BCUT2D eigenvalue weighted by molar-refractivity contribution is 7.93. The van der Waals surface area contributed by atoms with Crippen molar-refractivity contribution in [1.82, 2.24) is 14.9 Å². The van der Waals surface area contributed by atoms with Crippen molar-refractivity contribution in [3.05, 3.63) is 93.6 Å². The summed E-state index contributed by atoms with van der Waals surface area (Å²) in [6.45, 7) is 2.53. The van der Waals surface area contributed by atoms with Gasteiger partial charge in [-0.25, -0.2) is 18.7 Å². The Balaban J connectivity index is 1.46. The third kappa shape index (κ3) is 5.93. The van der Waals surface area contributed by atoms with Crippen LogP contribution < -0.4 is 10.0 Å². The van der Waals surface area contributed by atoms with Gasteiger partial charge < -0.3 is 10.2 Å². The first-order chi connectivity index (χ1) is 19.1. The third-order valence-electron chi connectivity index (χ3n) is 6.70. The van der Waals surface area contributed by atoms with Crippen LogP contribution in [-0.4, -0.2) is 42.3 Å². The molecule has 2 N–H and O–H groups in total. The molecule has 0 saturated carbocycles. The number of aromatic nitrogens is 2. The van der Waals surface area contributed by atoms with Crippen molar-refractivity contribution < 1.29 is 22.0 Å². The van der Waals surface area contributed by atoms with Crippen molar-refractivity contribution in [2.24, 2.45) is 0 Å². The zero-order valence-electron chi connectivity index (χ0n) is 21.2. The van der Waals surface area contributed by atoms with Crippen molar-refractivity contribution in [1.29, 1.82) is 0 Å². The number of piperidine rings is 1. The minimum Gasteiger partial charge on any atom is -0.353 e. The van der Waals surface area contributed by atoms with Gasteiger partial charge >= 0.3 is 0 Å². The number of sulfonamides is 1. The van der Waals surface area contributed by atoms with Gasteiger partial charge in [0.05, 0.1) is 11.3 Å². The highest BCUT2D eigenvalue weighted by Gasteiger charge is 2.31. The number of halogens is 3. The minimum absolute atomic E-state index is 0.0385. The molecule has 2 aromatic heterocycles. The van der Waals surface area contributed by atoms with E-state index in [1.54, 1.807) is 29.3 Å². The molecule has 1 amide bonds. The molecule has 2 aromatic carbocycles. The van der Waals surface area contributed by atoms with E-state index < -0.39 is 20.9 Å². The lowest BCUT2D eigenvalue weighted by atomic mass is 9.89. The maximum absolute atomic E-state index is 13.8. The molecule has 208 valence electrons. The zero-order valence-corrected chi connectivity index (χ0v) is 23.6. The van der Waals surface area contributed by atoms with Crippen LogP contribution in [0.3, 0.4) is 0 Å². The highest BCUT2D eigenvalue weighted by atomic mass is 35.5. The van der Waals surface area contributed by atoms with E-state index in [4.69, 9.17) is 11.6 Å². The van der Waals surface area contributed by atoms with Crippen LogP contribution in [-0.2, 0) is 10.0 Å². The van der Waals surface area contributed by atoms with Crippen LogP contribution in [0.2, 0.25) is 5.02 Å². The SMILES string of the molecule is Cc1cc(F)ccc1Nc1c(C(=O)N2CCC(c3ccc(F)cc3)CC2)cnc(S(=O)(=O)Nc2nccs2)c1Cl. The largest absolute Gasteiger partial charge is 0.353 e. The average molecular weight is 604 g/mol. The molecule has 0 bridgehead atoms. The fraction of sp³-hybridized carbons (Fsp3) is 0.222. The van der Waals surface area contributed by atoms with Crippen LogP contribution in [0.15, 0.2) is 65.3 Å². The molecule has 0 spiro atoms. The Morgan fingerprint density at radius 3 is 2.42 bits per heavy atom. The Hall–Kier alpha value is -3.61. The summed E-state index contributed by atoms with van der Waals surface area (Å²) in [4.78, 5) is 23.4. The van der Waals surface area contributed by atoms with Gasteiger partial charge in [0.15, 0.2) is 10.2 Å². The van der Waals surface area contributed by atoms with Gasteiger partial charge in [-0.15, -0.1) is 11.3 Å². The van der Waals surface area contributed by atoms with Gasteiger partial charge in [0.2, 0.25) is 0 Å². The molecule has 40 heavy (non-hydrogen) atoms. The molecule has 4 aromatic rings. The van der Waals surface area contributed by atoms with E-state index in [1.807, 2.05) is 0 Å². The summed E-state index contributed by atoms with van der Waals surface area (Å²) in [5, 5.41) is 4.00. The van der Waals surface area contributed by atoms with Crippen molar-refractivity contribution in [3.63, 3.8) is 0 Å². The number of nitrogens with one attached hydrogen (secondary N) is 2. The molecule has 1 fully saturated rings. The summed E-state index contributed by atoms with van der Waals surface area (Å²) in [5.74, 6) is -0.953. The molecule has 0 unspecified atom stereocenters. The molecular weight excluding hydrogens is 580 g/mol. The summed E-state index contributed by atoms with van der Waals surface area (Å²) in [6, 6.07) is 10.4. The third-order valence-corrected chi connectivity index (χ3v) is 9.28. The maximum Gasteiger partial charge on any atom is 0.282 e. The lowest BCUT2D eigenvalue weighted by Gasteiger charge is -2.33. The number of thiazole rings is 1. The van der Waals surface area contributed by atoms with Gasteiger partial charge in [-0.3, -0.25) is 9.52 Å². The molecule has 8 nitrogen and oxygen atoms in total. The van der Waals surface area contributed by atoms with Crippen molar-refractivity contribution in [2.45, 2.75) is 30.7 Å². The molecule has 5 rings (SSSR count). The van der Waals surface area contributed by atoms with Gasteiger partial charge in [0, 0.05) is 36.6 Å². The van der Waals surface area contributed by atoms with Crippen molar-refractivity contribution in [3.8, 4) is 0 Å². The first-order valence-corrected chi connectivity index (χ1v) is 15.0. The van der Waals surface area contributed by atoms with E-state index in [-0.39, 0.29) is 39.0 Å². The predicted molar refractivity (Wildman–Crippen MR) is 151 cm³/mol. The van der Waals surface area contributed by atoms with Gasteiger partial charge in [-0.1, -0.05) is 23.7 Å². The number of carbonyl (C=O) groups is 1. The Labute approximate surface area is 239 Å². The van der Waals surface area contributed by atoms with Crippen molar-refractivity contribution >= 4 is 55.4 Å². The van der Waals surface area contributed by atoms with Crippen molar-refractivity contribution in [2.75, 3.05) is 23.1 Å². The molecule has 0 atom stereocenters.